The van der Waals surface area contributed by atoms with E-state index in [1.54, 1.807) is 0 Å². The number of benzene rings is 2. The van der Waals surface area contributed by atoms with Crippen molar-refractivity contribution in [2.45, 2.75) is 45.3 Å². The van der Waals surface area contributed by atoms with Crippen molar-refractivity contribution in [3.63, 3.8) is 0 Å². The minimum absolute atomic E-state index is 0.0326. The summed E-state index contributed by atoms with van der Waals surface area (Å²) < 4.78 is 0. The van der Waals surface area contributed by atoms with Gasteiger partial charge in [0.1, 0.15) is 0 Å². The van der Waals surface area contributed by atoms with Crippen LogP contribution in [-0.2, 0) is 6.54 Å². The van der Waals surface area contributed by atoms with Crippen LogP contribution in [0.25, 0.3) is 10.4 Å². The molecule has 6 heteroatoms. The predicted molar refractivity (Wildman–Crippen MR) is 142 cm³/mol. The van der Waals surface area contributed by atoms with Crippen molar-refractivity contribution in [2.24, 2.45) is 0 Å². The van der Waals surface area contributed by atoms with Crippen LogP contribution < -0.4 is 16.0 Å². The van der Waals surface area contributed by atoms with E-state index in [2.05, 4.69) is 70.2 Å². The molecule has 5 nitrogen and oxygen atoms in total. The first-order valence-electron chi connectivity index (χ1n) is 12.4. The number of hydrogen-bond donors (Lipinski definition) is 3. The van der Waals surface area contributed by atoms with E-state index >= 15 is 0 Å². The lowest BCUT2D eigenvalue weighted by atomic mass is 10.0. The molecule has 0 aliphatic carbocycles. The van der Waals surface area contributed by atoms with Crippen molar-refractivity contribution in [3.05, 3.63) is 76.2 Å². The van der Waals surface area contributed by atoms with Gasteiger partial charge in [0.2, 0.25) is 0 Å². The summed E-state index contributed by atoms with van der Waals surface area (Å²) in [6.07, 6.45) is 2.64. The third kappa shape index (κ3) is 5.35. The molecular weight excluding hydrogens is 440 g/mol. The Morgan fingerprint density at radius 1 is 1.12 bits per heavy atom. The first kappa shape index (κ1) is 23.1. The zero-order valence-electron chi connectivity index (χ0n) is 20.1. The number of hydrogen-bond acceptors (Lipinski definition) is 5. The van der Waals surface area contributed by atoms with Crippen LogP contribution in [0, 0.1) is 6.92 Å². The minimum Gasteiger partial charge on any atom is -0.380 e. The maximum atomic E-state index is 13.1. The van der Waals surface area contributed by atoms with Gasteiger partial charge in [-0.2, -0.15) is 0 Å². The summed E-state index contributed by atoms with van der Waals surface area (Å²) in [5, 5.41) is 9.97. The molecule has 1 atom stereocenters. The molecule has 0 unspecified atom stereocenters. The lowest BCUT2D eigenvalue weighted by molar-refractivity contribution is 0.0939. The number of aryl methyl sites for hydroxylation is 1. The lowest BCUT2D eigenvalue weighted by Crippen LogP contribution is -2.51. The summed E-state index contributed by atoms with van der Waals surface area (Å²) in [5.74, 6) is -0.0326. The summed E-state index contributed by atoms with van der Waals surface area (Å²) in [5.41, 5.74) is 5.05. The molecule has 0 bridgehead atoms. The normalized spacial score (nSPS) is 17.4. The SMILES string of the molecule is Cc1ccc(NC2CNC2)cc1C(=O)N[C@H](C)c1cccc(-c2ccc(CN3CCCC3)s2)c1. The number of amides is 1. The van der Waals surface area contributed by atoms with E-state index in [0.29, 0.717) is 6.04 Å². The second kappa shape index (κ2) is 10.3. The number of thiophene rings is 1. The van der Waals surface area contributed by atoms with Gasteiger partial charge in [-0.1, -0.05) is 24.3 Å². The standard InChI is InChI=1S/C28H34N4OS/c1-19-8-9-23(31-24-16-29-17-24)15-26(19)28(33)30-20(2)21-6-5-7-22(14-21)27-11-10-25(34-27)18-32-12-3-4-13-32/h5-11,14-15,20,24,29,31H,3-4,12-13,16-18H2,1-2H3,(H,30,33)/t20-/m1/s1. The second-order valence-electron chi connectivity index (χ2n) is 9.60. The third-order valence-corrected chi connectivity index (χ3v) is 8.01. The summed E-state index contributed by atoms with van der Waals surface area (Å²) >= 11 is 1.88. The number of likely N-dealkylation sites (tertiary alicyclic amines) is 1. The number of nitrogens with one attached hydrogen (secondary N) is 3. The number of carbonyl (C=O) groups is 1. The van der Waals surface area contributed by atoms with Crippen LogP contribution in [0.4, 0.5) is 5.69 Å². The average Bonchev–Trinajstić information content (AvgIpc) is 3.50. The summed E-state index contributed by atoms with van der Waals surface area (Å²) in [4.78, 5) is 18.4. The zero-order chi connectivity index (χ0) is 23.5. The van der Waals surface area contributed by atoms with E-state index in [1.165, 1.54) is 41.2 Å². The largest absolute Gasteiger partial charge is 0.380 e. The van der Waals surface area contributed by atoms with Crippen LogP contribution >= 0.6 is 11.3 Å². The molecule has 2 aromatic carbocycles. The first-order valence-corrected chi connectivity index (χ1v) is 13.2. The van der Waals surface area contributed by atoms with Crippen LogP contribution in [-0.4, -0.2) is 43.0 Å². The third-order valence-electron chi connectivity index (χ3n) is 6.89. The Hall–Kier alpha value is -2.67. The van der Waals surface area contributed by atoms with Gasteiger partial charge in [-0.25, -0.2) is 0 Å². The van der Waals surface area contributed by atoms with E-state index < -0.39 is 0 Å². The van der Waals surface area contributed by atoms with Gasteiger partial charge in [-0.15, -0.1) is 11.3 Å². The van der Waals surface area contributed by atoms with Gasteiger partial charge in [-0.05, 0) is 86.8 Å². The topological polar surface area (TPSA) is 56.4 Å². The first-order chi connectivity index (χ1) is 16.5. The Morgan fingerprint density at radius 2 is 1.94 bits per heavy atom. The molecule has 0 radical (unpaired) electrons. The van der Waals surface area contributed by atoms with Gasteiger partial charge in [0.25, 0.3) is 5.91 Å². The molecule has 1 aromatic heterocycles. The van der Waals surface area contributed by atoms with Crippen molar-refractivity contribution in [3.8, 4) is 10.4 Å². The fourth-order valence-electron chi connectivity index (χ4n) is 4.68. The minimum atomic E-state index is -0.0803. The Labute approximate surface area is 206 Å². The maximum Gasteiger partial charge on any atom is 0.252 e. The molecule has 5 rings (SSSR count). The van der Waals surface area contributed by atoms with Crippen LogP contribution in [0.15, 0.2) is 54.6 Å². The number of anilines is 1. The zero-order valence-corrected chi connectivity index (χ0v) is 20.9. The van der Waals surface area contributed by atoms with Gasteiger partial charge in [-0.3, -0.25) is 9.69 Å². The van der Waals surface area contributed by atoms with Gasteiger partial charge in [0.15, 0.2) is 0 Å². The molecule has 2 fully saturated rings. The van der Waals surface area contributed by atoms with Crippen molar-refractivity contribution in [1.29, 1.82) is 0 Å². The molecule has 2 saturated heterocycles. The predicted octanol–water partition coefficient (Wildman–Crippen LogP) is 5.19. The molecule has 2 aliphatic heterocycles. The summed E-state index contributed by atoms with van der Waals surface area (Å²) in [6, 6.07) is 19.5. The molecule has 3 heterocycles. The highest BCUT2D eigenvalue weighted by molar-refractivity contribution is 7.15. The Balaban J connectivity index is 1.26. The Bertz CT molecular complexity index is 1150. The van der Waals surface area contributed by atoms with E-state index in [1.807, 2.05) is 30.4 Å². The summed E-state index contributed by atoms with van der Waals surface area (Å²) in [7, 11) is 0. The van der Waals surface area contributed by atoms with E-state index in [-0.39, 0.29) is 11.9 Å². The maximum absolute atomic E-state index is 13.1. The smallest absolute Gasteiger partial charge is 0.252 e. The van der Waals surface area contributed by atoms with Crippen molar-refractivity contribution in [1.82, 2.24) is 15.5 Å². The highest BCUT2D eigenvalue weighted by Crippen LogP contribution is 2.31. The van der Waals surface area contributed by atoms with Gasteiger partial charge in [0.05, 0.1) is 12.1 Å². The van der Waals surface area contributed by atoms with Crippen LogP contribution in [0.3, 0.4) is 0 Å². The highest BCUT2D eigenvalue weighted by atomic mass is 32.1. The van der Waals surface area contributed by atoms with Gasteiger partial charge < -0.3 is 16.0 Å². The van der Waals surface area contributed by atoms with Crippen LogP contribution in [0.5, 0.6) is 0 Å². The van der Waals surface area contributed by atoms with E-state index in [4.69, 9.17) is 0 Å². The lowest BCUT2D eigenvalue weighted by Gasteiger charge is -2.29. The number of rotatable bonds is 8. The Kier molecular flexibility index (Phi) is 6.99. The molecule has 0 saturated carbocycles. The molecule has 3 N–H and O–H groups in total. The number of carbonyl (C=O) groups excluding carboxylic acids is 1. The molecule has 2 aliphatic rings. The van der Waals surface area contributed by atoms with E-state index in [0.717, 1.165) is 42.0 Å². The monoisotopic (exact) mass is 474 g/mol. The van der Waals surface area contributed by atoms with Crippen LogP contribution in [0.1, 0.15) is 52.2 Å². The number of nitrogens with zero attached hydrogens (tertiary/aromatic N) is 1. The van der Waals surface area contributed by atoms with Crippen molar-refractivity contribution < 1.29 is 4.79 Å². The fraction of sp³-hybridized carbons (Fsp3) is 0.393. The molecule has 0 spiro atoms. The molecular formula is C28H34N4OS. The molecule has 178 valence electrons. The van der Waals surface area contributed by atoms with Crippen LogP contribution in [0.2, 0.25) is 0 Å². The molecule has 1 amide bonds. The molecule has 3 aromatic rings. The fourth-order valence-corrected chi connectivity index (χ4v) is 5.73. The van der Waals surface area contributed by atoms with Crippen molar-refractivity contribution in [2.75, 3.05) is 31.5 Å². The van der Waals surface area contributed by atoms with Gasteiger partial charge in [0, 0.05) is 40.6 Å². The van der Waals surface area contributed by atoms with Crippen molar-refractivity contribution >= 4 is 22.9 Å². The average molecular weight is 475 g/mol. The Morgan fingerprint density at radius 3 is 2.71 bits per heavy atom. The second-order valence-corrected chi connectivity index (χ2v) is 10.8. The summed E-state index contributed by atoms with van der Waals surface area (Å²) in [6.45, 7) is 9.47. The quantitative estimate of drug-likeness (QED) is 0.420. The van der Waals surface area contributed by atoms with Gasteiger partial charge >= 0.3 is 0 Å². The molecule has 34 heavy (non-hydrogen) atoms. The van der Waals surface area contributed by atoms with E-state index in [9.17, 15) is 4.79 Å². The highest BCUT2D eigenvalue weighted by Gasteiger charge is 2.19.